The second-order valence-electron chi connectivity index (χ2n) is 4.96. The molecule has 0 spiro atoms. The molecule has 2 heterocycles. The van der Waals surface area contributed by atoms with E-state index < -0.39 is 12.3 Å². The van der Waals surface area contributed by atoms with Crippen molar-refractivity contribution in [3.63, 3.8) is 0 Å². The highest BCUT2D eigenvalue weighted by atomic mass is 32.4. The molecule has 0 amide bonds. The van der Waals surface area contributed by atoms with Gasteiger partial charge in [0.05, 0.1) is 19.2 Å². The van der Waals surface area contributed by atoms with E-state index in [-0.39, 0.29) is 6.54 Å². The summed E-state index contributed by atoms with van der Waals surface area (Å²) in [5.41, 5.74) is 0. The zero-order valence-electron chi connectivity index (χ0n) is 10.7. The van der Waals surface area contributed by atoms with Gasteiger partial charge >= 0.3 is 5.97 Å². The third-order valence-corrected chi connectivity index (χ3v) is 8.62. The Bertz CT molecular complexity index is 321. The Morgan fingerprint density at radius 1 is 1.11 bits per heavy atom. The molecule has 104 valence electrons. The number of carboxylic acids is 1. The quantitative estimate of drug-likeness (QED) is 0.715. The molecule has 2 aliphatic heterocycles. The van der Waals surface area contributed by atoms with Gasteiger partial charge in [-0.3, -0.25) is 19.5 Å². The summed E-state index contributed by atoms with van der Waals surface area (Å²) in [6, 6.07) is 0. The van der Waals surface area contributed by atoms with Crippen LogP contribution in [-0.4, -0.2) is 59.4 Å². The van der Waals surface area contributed by atoms with Crippen LogP contribution in [0, 0.1) is 0 Å². The number of nitrogens with zero attached hydrogens (tertiary/aromatic N) is 2. The minimum Gasteiger partial charge on any atom is -0.480 e. The summed E-state index contributed by atoms with van der Waals surface area (Å²) in [4.78, 5) is 10.6. The molecule has 0 aliphatic carbocycles. The maximum Gasteiger partial charge on any atom is 0.317 e. The predicted molar refractivity (Wildman–Crippen MR) is 76.4 cm³/mol. The Kier molecular flexibility index (Phi) is 5.15. The summed E-state index contributed by atoms with van der Waals surface area (Å²) in [7, 11) is 0. The van der Waals surface area contributed by atoms with Crippen LogP contribution in [0.15, 0.2) is 0 Å². The Balaban J connectivity index is 2.01. The van der Waals surface area contributed by atoms with Crippen molar-refractivity contribution < 1.29 is 9.90 Å². The largest absolute Gasteiger partial charge is 0.480 e. The minimum atomic E-state index is -1.75. The van der Waals surface area contributed by atoms with Gasteiger partial charge in [0.15, 0.2) is 0 Å². The van der Waals surface area contributed by atoms with Crippen molar-refractivity contribution in [3.05, 3.63) is 0 Å². The predicted octanol–water partition coefficient (Wildman–Crippen LogP) is 1.12. The summed E-state index contributed by atoms with van der Waals surface area (Å²) in [5.74, 6) is -0.806. The summed E-state index contributed by atoms with van der Waals surface area (Å²) in [6.07, 6.45) is 3.83. The summed E-state index contributed by atoms with van der Waals surface area (Å²) in [6.45, 7) is 4.36. The highest BCUT2D eigenvalue weighted by Crippen LogP contribution is 2.55. The van der Waals surface area contributed by atoms with Gasteiger partial charge in [-0.1, -0.05) is 11.8 Å². The molecule has 0 aromatic rings. The average molecular weight is 291 g/mol. The second kappa shape index (κ2) is 6.44. The van der Waals surface area contributed by atoms with Gasteiger partial charge in [0.2, 0.25) is 0 Å². The van der Waals surface area contributed by atoms with Crippen LogP contribution in [0.1, 0.15) is 25.7 Å². The molecule has 0 unspecified atom stereocenters. The van der Waals surface area contributed by atoms with Crippen LogP contribution < -0.4 is 5.32 Å². The van der Waals surface area contributed by atoms with Gasteiger partial charge in [-0.15, -0.1) is 0 Å². The minimum absolute atomic E-state index is 0.0140. The summed E-state index contributed by atoms with van der Waals surface area (Å²) < 4.78 is 4.89. The first kappa shape index (κ1) is 14.4. The number of hydrogen-bond donors (Lipinski definition) is 2. The molecule has 18 heavy (non-hydrogen) atoms. The number of hydrogen-bond acceptors (Lipinski definition) is 3. The normalized spacial score (nSPS) is 22.7. The molecular weight excluding hydrogens is 269 g/mol. The van der Waals surface area contributed by atoms with Gasteiger partial charge < -0.3 is 5.11 Å². The van der Waals surface area contributed by atoms with Crippen LogP contribution in [0.25, 0.3) is 0 Å². The van der Waals surface area contributed by atoms with Crippen molar-refractivity contribution in [2.75, 3.05) is 39.0 Å². The number of carbonyl (C=O) groups is 1. The fraction of sp³-hybridized carbons (Fsp3) is 0.909. The van der Waals surface area contributed by atoms with Crippen LogP contribution >= 0.6 is 6.34 Å². The van der Waals surface area contributed by atoms with Crippen molar-refractivity contribution in [2.45, 2.75) is 25.7 Å². The van der Waals surface area contributed by atoms with Gasteiger partial charge in [-0.2, -0.15) is 0 Å². The van der Waals surface area contributed by atoms with E-state index in [0.29, 0.717) is 6.29 Å². The monoisotopic (exact) mass is 291 g/mol. The van der Waals surface area contributed by atoms with E-state index >= 15 is 0 Å². The lowest BCUT2D eigenvalue weighted by Gasteiger charge is -2.39. The fourth-order valence-corrected chi connectivity index (χ4v) is 6.94. The van der Waals surface area contributed by atoms with E-state index in [1.165, 1.54) is 25.7 Å². The Morgan fingerprint density at radius 3 is 1.94 bits per heavy atom. The number of rotatable bonds is 6. The van der Waals surface area contributed by atoms with Crippen LogP contribution in [0.2, 0.25) is 0 Å². The number of nitrogens with one attached hydrogen (secondary N) is 1. The maximum atomic E-state index is 10.6. The Hall–Kier alpha value is -0.0000000000000000694. The first-order valence-corrected chi connectivity index (χ1v) is 9.55. The van der Waals surface area contributed by atoms with Gasteiger partial charge in [0.25, 0.3) is 0 Å². The van der Waals surface area contributed by atoms with E-state index in [2.05, 4.69) is 14.7 Å². The molecule has 5 nitrogen and oxygen atoms in total. The molecular formula is C11H22N3O2PS. The van der Waals surface area contributed by atoms with Gasteiger partial charge in [0.1, 0.15) is 0 Å². The molecule has 0 saturated carbocycles. The van der Waals surface area contributed by atoms with Gasteiger partial charge in [-0.25, -0.2) is 0 Å². The third kappa shape index (κ3) is 3.31. The van der Waals surface area contributed by atoms with Crippen molar-refractivity contribution in [2.24, 2.45) is 0 Å². The number of aliphatic carboxylic acids is 1. The van der Waals surface area contributed by atoms with E-state index in [0.717, 1.165) is 26.2 Å². The smallest absolute Gasteiger partial charge is 0.317 e. The van der Waals surface area contributed by atoms with Crippen molar-refractivity contribution >= 4 is 24.1 Å². The average Bonchev–Trinajstić information content (AvgIpc) is 3.02. The molecule has 2 rings (SSSR count). The van der Waals surface area contributed by atoms with Crippen molar-refractivity contribution in [3.8, 4) is 0 Å². The third-order valence-electron chi connectivity index (χ3n) is 3.64. The fourth-order valence-electron chi connectivity index (χ4n) is 2.71. The Morgan fingerprint density at radius 2 is 1.56 bits per heavy atom. The highest BCUT2D eigenvalue weighted by Gasteiger charge is 2.35. The molecule has 0 atom stereocenters. The molecule has 2 saturated heterocycles. The first-order valence-electron chi connectivity index (χ1n) is 6.65. The Labute approximate surface area is 114 Å². The molecule has 0 bridgehead atoms. The van der Waals surface area contributed by atoms with Crippen LogP contribution in [-0.2, 0) is 16.6 Å². The van der Waals surface area contributed by atoms with Gasteiger partial charge in [0, 0.05) is 26.2 Å². The lowest BCUT2D eigenvalue weighted by Crippen LogP contribution is -2.35. The zero-order valence-corrected chi connectivity index (χ0v) is 12.4. The lowest BCUT2D eigenvalue weighted by molar-refractivity contribution is -0.135. The van der Waals surface area contributed by atoms with Crippen molar-refractivity contribution in [1.29, 1.82) is 0 Å². The van der Waals surface area contributed by atoms with Crippen LogP contribution in [0.5, 0.6) is 0 Å². The highest BCUT2D eigenvalue weighted by molar-refractivity contribution is 8.12. The molecule has 7 heteroatoms. The van der Waals surface area contributed by atoms with Crippen LogP contribution in [0.4, 0.5) is 0 Å². The first-order chi connectivity index (χ1) is 8.63. The van der Waals surface area contributed by atoms with Crippen LogP contribution in [0.3, 0.4) is 0 Å². The van der Waals surface area contributed by atoms with E-state index in [4.69, 9.17) is 16.9 Å². The molecule has 2 N–H and O–H groups in total. The molecule has 2 aliphatic rings. The number of carboxylic acid groups (broad SMARTS) is 1. The molecule has 0 radical (unpaired) electrons. The zero-order chi connectivity index (χ0) is 13.0. The van der Waals surface area contributed by atoms with Gasteiger partial charge in [-0.05, 0) is 25.7 Å². The summed E-state index contributed by atoms with van der Waals surface area (Å²) in [5, 5.41) is 11.8. The molecule has 0 aromatic heterocycles. The summed E-state index contributed by atoms with van der Waals surface area (Å²) >= 11 is 5.98. The van der Waals surface area contributed by atoms with E-state index in [1.54, 1.807) is 0 Å². The molecule has 0 aromatic carbocycles. The molecule has 2 fully saturated rings. The van der Waals surface area contributed by atoms with E-state index in [9.17, 15) is 4.79 Å². The SMILES string of the molecule is O=C(O)CNCP(=S)(N1CCCC1)N1CCCC1. The van der Waals surface area contributed by atoms with E-state index in [1.807, 2.05) is 0 Å². The lowest BCUT2D eigenvalue weighted by atomic mass is 10.4. The second-order valence-corrected chi connectivity index (χ2v) is 9.50. The van der Waals surface area contributed by atoms with Crippen molar-refractivity contribution in [1.82, 2.24) is 14.7 Å². The maximum absolute atomic E-state index is 10.6. The topological polar surface area (TPSA) is 55.8 Å². The standard InChI is InChI=1S/C11H22N3O2PS/c15-11(16)9-12-10-17(18,13-5-1-2-6-13)14-7-3-4-8-14/h12H,1-10H2,(H,15,16).